The van der Waals surface area contributed by atoms with Gasteiger partial charge in [-0.2, -0.15) is 0 Å². The number of carbonyl (C=O) groups excluding carboxylic acids is 1. The normalized spacial score (nSPS) is 10.8. The number of nitrogens with one attached hydrogen (secondary N) is 1. The first kappa shape index (κ1) is 19.5. The van der Waals surface area contributed by atoms with Crippen LogP contribution in [0.1, 0.15) is 29.3 Å². The Kier molecular flexibility index (Phi) is 6.53. The molecule has 140 valence electrons. The summed E-state index contributed by atoms with van der Waals surface area (Å²) in [6.45, 7) is 2.14. The molecule has 0 saturated heterocycles. The van der Waals surface area contributed by atoms with Gasteiger partial charge in [0.25, 0.3) is 0 Å². The summed E-state index contributed by atoms with van der Waals surface area (Å²) in [5.41, 5.74) is 2.67. The van der Waals surface area contributed by atoms with E-state index in [2.05, 4.69) is 22.1 Å². The summed E-state index contributed by atoms with van der Waals surface area (Å²) in [6, 6.07) is 13.1. The number of thioether (sulfide) groups is 1. The average molecular weight is 402 g/mol. The van der Waals surface area contributed by atoms with Gasteiger partial charge >= 0.3 is 0 Å². The highest BCUT2D eigenvalue weighted by Crippen LogP contribution is 2.31. The van der Waals surface area contributed by atoms with Crippen molar-refractivity contribution in [3.8, 4) is 17.1 Å². The van der Waals surface area contributed by atoms with Crippen molar-refractivity contribution in [2.45, 2.75) is 24.9 Å². The van der Waals surface area contributed by atoms with Crippen LogP contribution in [-0.4, -0.2) is 33.8 Å². The number of carbonyl (C=O) groups is 1. The molecule has 0 aliphatic heterocycles. The van der Waals surface area contributed by atoms with Crippen LogP contribution in [0.5, 0.6) is 5.75 Å². The number of H-pyrrole nitrogens is 1. The maximum absolute atomic E-state index is 12.4. The smallest absolute Gasteiger partial charge is 0.209 e. The average Bonchev–Trinajstić information content (AvgIpc) is 3.16. The predicted octanol–water partition coefficient (Wildman–Crippen LogP) is 5.06. The fraction of sp³-hybridized carbons (Fsp3) is 0.250. The highest BCUT2D eigenvalue weighted by Gasteiger charge is 2.14. The number of aromatic amines is 1. The Hall–Kier alpha value is -2.31. The second-order valence-corrected chi connectivity index (χ2v) is 7.35. The minimum atomic E-state index is 0.0507. The highest BCUT2D eigenvalue weighted by molar-refractivity contribution is 7.99. The standard InChI is InChI=1S/C20H20ClN3O2S/c1-3-4-13-5-7-14(8-6-13)17(25)12-27-20-22-19(23-24-20)16-11-15(21)9-10-18(16)26-2/h5-11H,3-4,12H2,1-2H3,(H,22,23,24). The number of ketones is 1. The number of benzene rings is 2. The van der Waals surface area contributed by atoms with Crippen LogP contribution in [0.2, 0.25) is 5.02 Å². The first-order chi connectivity index (χ1) is 13.1. The van der Waals surface area contributed by atoms with Crippen molar-refractivity contribution in [1.82, 2.24) is 15.2 Å². The Balaban J connectivity index is 1.66. The van der Waals surface area contributed by atoms with Crippen LogP contribution < -0.4 is 4.74 Å². The van der Waals surface area contributed by atoms with Crippen molar-refractivity contribution in [1.29, 1.82) is 0 Å². The van der Waals surface area contributed by atoms with Crippen molar-refractivity contribution in [2.24, 2.45) is 0 Å². The van der Waals surface area contributed by atoms with E-state index in [0.29, 0.717) is 27.3 Å². The Morgan fingerprint density at radius 2 is 2.00 bits per heavy atom. The molecule has 1 N–H and O–H groups in total. The maximum atomic E-state index is 12.4. The quantitative estimate of drug-likeness (QED) is 0.422. The van der Waals surface area contributed by atoms with E-state index in [4.69, 9.17) is 16.3 Å². The van der Waals surface area contributed by atoms with E-state index in [0.717, 1.165) is 18.4 Å². The van der Waals surface area contributed by atoms with Crippen molar-refractivity contribution >= 4 is 29.1 Å². The number of methoxy groups -OCH3 is 1. The second-order valence-electron chi connectivity index (χ2n) is 5.97. The van der Waals surface area contributed by atoms with Crippen molar-refractivity contribution in [2.75, 3.05) is 12.9 Å². The van der Waals surface area contributed by atoms with Crippen LogP contribution in [0, 0.1) is 0 Å². The number of hydrogen-bond acceptors (Lipinski definition) is 5. The van der Waals surface area contributed by atoms with Gasteiger partial charge in [-0.25, -0.2) is 4.98 Å². The lowest BCUT2D eigenvalue weighted by Gasteiger charge is -2.05. The molecule has 0 aliphatic rings. The largest absolute Gasteiger partial charge is 0.496 e. The van der Waals surface area contributed by atoms with Crippen LogP contribution in [0.15, 0.2) is 47.6 Å². The SMILES string of the molecule is CCCc1ccc(C(=O)CSc2n[nH]c(-c3cc(Cl)ccc3OC)n2)cc1. The number of halogens is 1. The summed E-state index contributed by atoms with van der Waals surface area (Å²) in [6.07, 6.45) is 2.11. The third-order valence-electron chi connectivity index (χ3n) is 4.03. The van der Waals surface area contributed by atoms with Gasteiger partial charge in [-0.1, -0.05) is 61.0 Å². The Morgan fingerprint density at radius 1 is 1.22 bits per heavy atom. The number of aromatic nitrogens is 3. The van der Waals surface area contributed by atoms with Crippen molar-refractivity contribution in [3.05, 3.63) is 58.6 Å². The molecule has 1 aromatic heterocycles. The summed E-state index contributed by atoms with van der Waals surface area (Å²) in [7, 11) is 1.59. The van der Waals surface area contributed by atoms with E-state index in [1.807, 2.05) is 24.3 Å². The van der Waals surface area contributed by atoms with Crippen LogP contribution >= 0.6 is 23.4 Å². The lowest BCUT2D eigenvalue weighted by Crippen LogP contribution is -2.02. The Labute approximate surface area is 167 Å². The zero-order valence-corrected chi connectivity index (χ0v) is 16.7. The summed E-state index contributed by atoms with van der Waals surface area (Å²) >= 11 is 7.36. The molecule has 2 aromatic carbocycles. The topological polar surface area (TPSA) is 67.9 Å². The molecule has 0 amide bonds. The second kappa shape index (κ2) is 9.06. The number of rotatable bonds is 8. The molecule has 27 heavy (non-hydrogen) atoms. The van der Waals surface area contributed by atoms with E-state index >= 15 is 0 Å². The molecule has 0 radical (unpaired) electrons. The van der Waals surface area contributed by atoms with Crippen LogP contribution in [0.4, 0.5) is 0 Å². The van der Waals surface area contributed by atoms with E-state index in [1.54, 1.807) is 25.3 Å². The van der Waals surface area contributed by atoms with Gasteiger partial charge in [-0.05, 0) is 30.2 Å². The number of aryl methyl sites for hydroxylation is 1. The van der Waals surface area contributed by atoms with Crippen LogP contribution in [0.3, 0.4) is 0 Å². The van der Waals surface area contributed by atoms with Gasteiger partial charge in [-0.3, -0.25) is 9.89 Å². The minimum absolute atomic E-state index is 0.0507. The Bertz CT molecular complexity index is 925. The van der Waals surface area contributed by atoms with Crippen LogP contribution in [-0.2, 0) is 6.42 Å². The number of Topliss-reactive ketones (excluding diaryl/α,β-unsaturated/α-hetero) is 1. The molecule has 0 unspecified atom stereocenters. The summed E-state index contributed by atoms with van der Waals surface area (Å²) in [5, 5.41) is 8.14. The van der Waals surface area contributed by atoms with E-state index in [9.17, 15) is 4.79 Å². The van der Waals surface area contributed by atoms with E-state index < -0.39 is 0 Å². The molecule has 7 heteroatoms. The summed E-state index contributed by atoms with van der Waals surface area (Å²) < 4.78 is 5.34. The highest BCUT2D eigenvalue weighted by atomic mass is 35.5. The number of hydrogen-bond donors (Lipinski definition) is 1. The first-order valence-corrected chi connectivity index (χ1v) is 9.98. The van der Waals surface area contributed by atoms with Gasteiger partial charge in [0.15, 0.2) is 11.6 Å². The molecule has 0 bridgehead atoms. The zero-order chi connectivity index (χ0) is 19.2. The monoisotopic (exact) mass is 401 g/mol. The minimum Gasteiger partial charge on any atom is -0.496 e. The lowest BCUT2D eigenvalue weighted by atomic mass is 10.1. The molecule has 0 fully saturated rings. The number of nitrogens with zero attached hydrogens (tertiary/aromatic N) is 2. The molecular formula is C20H20ClN3O2S. The number of ether oxygens (including phenoxy) is 1. The predicted molar refractivity (Wildman–Crippen MR) is 109 cm³/mol. The third-order valence-corrected chi connectivity index (χ3v) is 5.11. The van der Waals surface area contributed by atoms with Gasteiger partial charge in [0.05, 0.1) is 18.4 Å². The van der Waals surface area contributed by atoms with Crippen molar-refractivity contribution < 1.29 is 9.53 Å². The Morgan fingerprint density at radius 3 is 2.70 bits per heavy atom. The molecule has 3 aromatic rings. The van der Waals surface area contributed by atoms with Gasteiger partial charge in [0.1, 0.15) is 5.75 Å². The molecule has 0 saturated carbocycles. The van der Waals surface area contributed by atoms with Crippen molar-refractivity contribution in [3.63, 3.8) is 0 Å². The fourth-order valence-electron chi connectivity index (χ4n) is 2.66. The maximum Gasteiger partial charge on any atom is 0.209 e. The van der Waals surface area contributed by atoms with Gasteiger partial charge in [-0.15, -0.1) is 5.10 Å². The molecule has 0 atom stereocenters. The summed E-state index contributed by atoms with van der Waals surface area (Å²) in [4.78, 5) is 16.8. The molecule has 5 nitrogen and oxygen atoms in total. The van der Waals surface area contributed by atoms with E-state index in [1.165, 1.54) is 17.3 Å². The zero-order valence-electron chi connectivity index (χ0n) is 15.2. The molecule has 1 heterocycles. The molecular weight excluding hydrogens is 382 g/mol. The van der Waals surface area contributed by atoms with Gasteiger partial charge in [0, 0.05) is 10.6 Å². The molecule has 0 aliphatic carbocycles. The third kappa shape index (κ3) is 4.90. The van der Waals surface area contributed by atoms with Gasteiger partial charge in [0.2, 0.25) is 5.16 Å². The van der Waals surface area contributed by atoms with Crippen LogP contribution in [0.25, 0.3) is 11.4 Å². The van der Waals surface area contributed by atoms with E-state index in [-0.39, 0.29) is 11.5 Å². The fourth-order valence-corrected chi connectivity index (χ4v) is 3.52. The molecule has 0 spiro atoms. The lowest BCUT2D eigenvalue weighted by molar-refractivity contribution is 0.102. The molecule has 3 rings (SSSR count). The first-order valence-electron chi connectivity index (χ1n) is 8.62. The summed E-state index contributed by atoms with van der Waals surface area (Å²) in [5.74, 6) is 1.52. The van der Waals surface area contributed by atoms with Gasteiger partial charge < -0.3 is 4.74 Å².